The lowest BCUT2D eigenvalue weighted by Gasteiger charge is -2.23. The molecule has 6 aromatic rings. The molecule has 0 unspecified atom stereocenters. The average molecular weight is 630 g/mol. The van der Waals surface area contributed by atoms with Gasteiger partial charge in [0.05, 0.1) is 24.4 Å². The van der Waals surface area contributed by atoms with Crippen molar-refractivity contribution >= 4 is 22.6 Å². The number of carboxylic acids is 1. The number of hydrogen-bond donors (Lipinski definition) is 1. The number of halogens is 4. The second kappa shape index (κ2) is 10.7. The number of pyridine rings is 3. The fraction of sp³-hybridized carbons (Fsp3) is 0.235. The molecule has 0 bridgehead atoms. The van der Waals surface area contributed by atoms with Crippen molar-refractivity contribution in [1.82, 2.24) is 23.9 Å². The molecule has 6 heterocycles. The first-order valence-electron chi connectivity index (χ1n) is 14.6. The van der Waals surface area contributed by atoms with Crippen molar-refractivity contribution in [2.24, 2.45) is 7.05 Å². The smallest absolute Gasteiger partial charge is 0.434 e. The molecule has 1 N–H and O–H groups in total. The molecular formula is C34H27F4N5O3. The van der Waals surface area contributed by atoms with E-state index < -0.39 is 23.7 Å². The van der Waals surface area contributed by atoms with Gasteiger partial charge in [-0.05, 0) is 85.3 Å². The van der Waals surface area contributed by atoms with E-state index in [1.165, 1.54) is 16.7 Å². The van der Waals surface area contributed by atoms with Gasteiger partial charge in [0.1, 0.15) is 11.3 Å². The van der Waals surface area contributed by atoms with Crippen molar-refractivity contribution in [3.05, 3.63) is 88.9 Å². The maximum atomic E-state index is 15.5. The van der Waals surface area contributed by atoms with Crippen LogP contribution in [0.1, 0.15) is 34.5 Å². The maximum Gasteiger partial charge on any atom is 0.434 e. The van der Waals surface area contributed by atoms with Crippen molar-refractivity contribution in [3.63, 3.8) is 0 Å². The lowest BCUT2D eigenvalue weighted by Crippen LogP contribution is -2.13. The van der Waals surface area contributed by atoms with Crippen molar-refractivity contribution in [2.75, 3.05) is 6.61 Å². The Bertz CT molecular complexity index is 2220. The van der Waals surface area contributed by atoms with Gasteiger partial charge < -0.3 is 18.8 Å². The van der Waals surface area contributed by atoms with Crippen LogP contribution in [0.3, 0.4) is 0 Å². The van der Waals surface area contributed by atoms with Gasteiger partial charge >= 0.3 is 12.1 Å². The van der Waals surface area contributed by atoms with Gasteiger partial charge in [-0.3, -0.25) is 9.78 Å². The number of aliphatic carboxylic acids is 1. The van der Waals surface area contributed by atoms with Crippen molar-refractivity contribution < 1.29 is 32.2 Å². The molecule has 0 fully saturated rings. The van der Waals surface area contributed by atoms with Crippen LogP contribution >= 0.6 is 0 Å². The van der Waals surface area contributed by atoms with Crippen molar-refractivity contribution in [2.45, 2.75) is 39.3 Å². The van der Waals surface area contributed by atoms with E-state index in [2.05, 4.69) is 9.97 Å². The molecule has 234 valence electrons. The number of alkyl halides is 3. The number of ether oxygens (including phenoxy) is 1. The highest BCUT2D eigenvalue weighted by Gasteiger charge is 2.34. The summed E-state index contributed by atoms with van der Waals surface area (Å²) < 4.78 is 64.0. The Kier molecular flexibility index (Phi) is 6.84. The number of aryl methyl sites for hydroxylation is 2. The minimum absolute atomic E-state index is 0.134. The molecule has 46 heavy (non-hydrogen) atoms. The van der Waals surface area contributed by atoms with Crippen LogP contribution in [-0.4, -0.2) is 41.6 Å². The van der Waals surface area contributed by atoms with E-state index in [9.17, 15) is 23.1 Å². The topological polar surface area (TPSA) is 94.5 Å². The lowest BCUT2D eigenvalue weighted by atomic mass is 9.87. The van der Waals surface area contributed by atoms with E-state index in [1.54, 1.807) is 31.3 Å². The van der Waals surface area contributed by atoms with Crippen molar-refractivity contribution in [3.8, 4) is 39.4 Å². The van der Waals surface area contributed by atoms with Crippen LogP contribution < -0.4 is 4.74 Å². The molecule has 0 aliphatic carbocycles. The summed E-state index contributed by atoms with van der Waals surface area (Å²) in [4.78, 5) is 25.0. The molecule has 0 amide bonds. The molecule has 0 saturated carbocycles. The standard InChI is InChI=1S/C34H27F4N5O3/c1-17-21-5-4-10-46-32(21)25(35)13-22(17)31-23(15-30(44)45)18(2)40-33-24(31)14-27(42(33)3)20-6-8-39-26(11-20)19-7-9-43-16-28(34(36,37)38)41-29(43)12-19/h6-9,11-14,16H,4-5,10,15H2,1-3H3,(H,44,45). The summed E-state index contributed by atoms with van der Waals surface area (Å²) in [5.41, 5.74) is 6.13. The fourth-order valence-electron chi connectivity index (χ4n) is 6.38. The fourth-order valence-corrected chi connectivity index (χ4v) is 6.38. The molecule has 0 radical (unpaired) electrons. The average Bonchev–Trinajstić information content (AvgIpc) is 3.60. The Labute approximate surface area is 259 Å². The summed E-state index contributed by atoms with van der Waals surface area (Å²) >= 11 is 0. The summed E-state index contributed by atoms with van der Waals surface area (Å²) in [5.74, 6) is -1.28. The van der Waals surface area contributed by atoms with Gasteiger partial charge in [-0.2, -0.15) is 13.2 Å². The number of aromatic nitrogens is 5. The molecule has 1 aromatic carbocycles. The highest BCUT2D eigenvalue weighted by molar-refractivity contribution is 6.01. The Morgan fingerprint density at radius 3 is 2.65 bits per heavy atom. The lowest BCUT2D eigenvalue weighted by molar-refractivity contribution is -0.141. The van der Waals surface area contributed by atoms with E-state index >= 15 is 4.39 Å². The van der Waals surface area contributed by atoms with Crippen LogP contribution in [0.4, 0.5) is 17.6 Å². The molecule has 0 saturated heterocycles. The largest absolute Gasteiger partial charge is 0.490 e. The van der Waals surface area contributed by atoms with Gasteiger partial charge in [-0.1, -0.05) is 0 Å². The quantitative estimate of drug-likeness (QED) is 0.201. The van der Waals surface area contributed by atoms with Gasteiger partial charge in [0.2, 0.25) is 0 Å². The van der Waals surface area contributed by atoms with Gasteiger partial charge in [0.15, 0.2) is 17.3 Å². The first kappa shape index (κ1) is 29.5. The van der Waals surface area contributed by atoms with E-state index in [1.807, 2.05) is 30.7 Å². The number of rotatable bonds is 5. The summed E-state index contributed by atoms with van der Waals surface area (Å²) in [6, 6.07) is 10.2. The van der Waals surface area contributed by atoms with Crippen LogP contribution in [-0.2, 0) is 30.9 Å². The van der Waals surface area contributed by atoms with Crippen LogP contribution in [0.15, 0.2) is 55.0 Å². The van der Waals surface area contributed by atoms with Crippen molar-refractivity contribution in [1.29, 1.82) is 0 Å². The van der Waals surface area contributed by atoms with E-state index in [0.29, 0.717) is 57.7 Å². The van der Waals surface area contributed by atoms with E-state index in [-0.39, 0.29) is 17.8 Å². The number of nitrogens with zero attached hydrogens (tertiary/aromatic N) is 5. The minimum atomic E-state index is -4.56. The van der Waals surface area contributed by atoms with Gasteiger partial charge in [0, 0.05) is 53.4 Å². The van der Waals surface area contributed by atoms with E-state index in [0.717, 1.165) is 35.0 Å². The molecule has 0 spiro atoms. The molecular weight excluding hydrogens is 602 g/mol. The van der Waals surface area contributed by atoms with E-state index in [4.69, 9.17) is 9.72 Å². The van der Waals surface area contributed by atoms with Crippen LogP contribution in [0, 0.1) is 19.7 Å². The molecule has 0 atom stereocenters. The zero-order valence-electron chi connectivity index (χ0n) is 25.0. The van der Waals surface area contributed by atoms with Gasteiger partial charge in [-0.25, -0.2) is 14.4 Å². The van der Waals surface area contributed by atoms with Crippen LogP contribution in [0.25, 0.3) is 50.3 Å². The number of hydrogen-bond acceptors (Lipinski definition) is 5. The summed E-state index contributed by atoms with van der Waals surface area (Å²) in [6.07, 6.45) is 0.590. The van der Waals surface area contributed by atoms with Gasteiger partial charge in [0.25, 0.3) is 0 Å². The highest BCUT2D eigenvalue weighted by Crippen LogP contribution is 2.43. The predicted octanol–water partition coefficient (Wildman–Crippen LogP) is 7.34. The summed E-state index contributed by atoms with van der Waals surface area (Å²) in [5, 5.41) is 10.5. The SMILES string of the molecule is Cc1nc2c(cc(-c3ccnc(-c4ccn5cc(C(F)(F)F)nc5c4)c3)n2C)c(-c2cc(F)c3c(c2C)CCCO3)c1CC(=O)O. The minimum Gasteiger partial charge on any atom is -0.490 e. The number of imidazole rings is 1. The zero-order chi connectivity index (χ0) is 32.5. The molecule has 1 aliphatic rings. The van der Waals surface area contributed by atoms with Gasteiger partial charge in [-0.15, -0.1) is 0 Å². The van der Waals surface area contributed by atoms with Crippen LogP contribution in [0.5, 0.6) is 5.75 Å². The summed E-state index contributed by atoms with van der Waals surface area (Å²) in [6.45, 7) is 4.09. The monoisotopic (exact) mass is 629 g/mol. The Morgan fingerprint density at radius 2 is 1.89 bits per heavy atom. The number of carbonyl (C=O) groups is 1. The molecule has 12 heteroatoms. The first-order valence-corrected chi connectivity index (χ1v) is 14.6. The van der Waals surface area contributed by atoms with Crippen LogP contribution in [0.2, 0.25) is 0 Å². The zero-order valence-corrected chi connectivity index (χ0v) is 25.0. The predicted molar refractivity (Wildman–Crippen MR) is 163 cm³/mol. The second-order valence-corrected chi connectivity index (χ2v) is 11.5. The number of carboxylic acid groups (broad SMARTS) is 1. The molecule has 7 rings (SSSR count). The Balaban J connectivity index is 1.40. The maximum absolute atomic E-state index is 15.5. The molecule has 8 nitrogen and oxygen atoms in total. The molecule has 5 aromatic heterocycles. The Morgan fingerprint density at radius 1 is 1.09 bits per heavy atom. The number of fused-ring (bicyclic) bond motifs is 3. The third kappa shape index (κ3) is 4.84. The Hall–Kier alpha value is -5.26. The summed E-state index contributed by atoms with van der Waals surface area (Å²) in [7, 11) is 1.84. The normalized spacial score (nSPS) is 13.3. The number of benzene rings is 1. The third-order valence-electron chi connectivity index (χ3n) is 8.62. The third-order valence-corrected chi connectivity index (χ3v) is 8.62. The molecule has 1 aliphatic heterocycles. The second-order valence-electron chi connectivity index (χ2n) is 11.5. The first-order chi connectivity index (χ1) is 21.9. The highest BCUT2D eigenvalue weighted by atomic mass is 19.4.